The predicted octanol–water partition coefficient (Wildman–Crippen LogP) is 7.09. The summed E-state index contributed by atoms with van der Waals surface area (Å²) in [4.78, 5) is 46.7. The number of fused-ring (bicyclic) bond motifs is 1. The number of carboxylic acids is 1. The molecule has 1 amide bonds. The Kier molecular flexibility index (Phi) is 11.6. The number of amides is 1. The number of rotatable bonds is 14. The van der Waals surface area contributed by atoms with Crippen LogP contribution in [0.3, 0.4) is 0 Å². The first-order valence-electron chi connectivity index (χ1n) is 16.9. The first-order chi connectivity index (χ1) is 22.2. The molecule has 4 rings (SSSR count). The number of nitrogens with one attached hydrogen (secondary N) is 1. The topological polar surface area (TPSA) is 114 Å². The molecule has 0 radical (unpaired) electrons. The largest absolute Gasteiger partial charge is 0.478 e. The number of ketones is 1. The van der Waals surface area contributed by atoms with Crippen LogP contribution < -0.4 is 5.32 Å². The summed E-state index contributed by atoms with van der Waals surface area (Å²) in [7, 11) is -0.166. The van der Waals surface area contributed by atoms with Gasteiger partial charge in [0, 0.05) is 62.2 Å². The quantitative estimate of drug-likeness (QED) is 0.140. The minimum atomic E-state index is -1.96. The Hall–Kier alpha value is -3.60. The van der Waals surface area contributed by atoms with E-state index in [-0.39, 0.29) is 33.9 Å². The highest BCUT2D eigenvalue weighted by molar-refractivity contribution is 6.74. The molecule has 2 aromatic carbocycles. The SMILES string of the molecule is CCCCN(CCCC)C(=O)c1cn(C)c(-c2ccc(C(=O)O)cc2C(=O)c2cccc3c2CC(CO[Si](C)(C)C(C)(C)C)NC3)n1. The number of carboxylic acid groups (broad SMARTS) is 1. The molecule has 2 heterocycles. The van der Waals surface area contributed by atoms with Gasteiger partial charge < -0.3 is 24.3 Å². The lowest BCUT2D eigenvalue weighted by Gasteiger charge is -2.38. The van der Waals surface area contributed by atoms with Gasteiger partial charge >= 0.3 is 5.97 Å². The average molecular weight is 661 g/mol. The highest BCUT2D eigenvalue weighted by Crippen LogP contribution is 2.37. The molecule has 0 spiro atoms. The molecule has 0 saturated carbocycles. The van der Waals surface area contributed by atoms with E-state index in [9.17, 15) is 19.5 Å². The van der Waals surface area contributed by atoms with Crippen LogP contribution >= 0.6 is 0 Å². The van der Waals surface area contributed by atoms with Crippen molar-refractivity contribution < 1.29 is 23.9 Å². The third kappa shape index (κ3) is 8.28. The number of hydrogen-bond donors (Lipinski definition) is 2. The minimum Gasteiger partial charge on any atom is -0.478 e. The van der Waals surface area contributed by atoms with E-state index in [4.69, 9.17) is 9.41 Å². The Morgan fingerprint density at radius 2 is 1.74 bits per heavy atom. The van der Waals surface area contributed by atoms with Crippen molar-refractivity contribution in [2.75, 3.05) is 19.7 Å². The summed E-state index contributed by atoms with van der Waals surface area (Å²) in [5.41, 5.74) is 3.58. The summed E-state index contributed by atoms with van der Waals surface area (Å²) in [6.07, 6.45) is 6.09. The molecule has 2 N–H and O–H groups in total. The molecule has 9 nitrogen and oxygen atoms in total. The van der Waals surface area contributed by atoms with Gasteiger partial charge in [-0.3, -0.25) is 9.59 Å². The second-order valence-electron chi connectivity index (χ2n) is 14.3. The molecule has 1 atom stereocenters. The summed E-state index contributed by atoms with van der Waals surface area (Å²) in [6, 6.07) is 10.3. The molecule has 10 heteroatoms. The summed E-state index contributed by atoms with van der Waals surface area (Å²) < 4.78 is 8.28. The van der Waals surface area contributed by atoms with E-state index in [1.54, 1.807) is 23.9 Å². The molecule has 3 aromatic rings. The molecule has 1 aromatic heterocycles. The van der Waals surface area contributed by atoms with Gasteiger partial charge in [-0.2, -0.15) is 0 Å². The Morgan fingerprint density at radius 1 is 1.06 bits per heavy atom. The third-order valence-electron chi connectivity index (χ3n) is 9.70. The second-order valence-corrected chi connectivity index (χ2v) is 19.1. The number of carbonyl (C=O) groups excluding carboxylic acids is 2. The summed E-state index contributed by atoms with van der Waals surface area (Å²) in [6.45, 7) is 17.8. The van der Waals surface area contributed by atoms with Gasteiger partial charge in [-0.25, -0.2) is 9.78 Å². The fourth-order valence-electron chi connectivity index (χ4n) is 5.67. The fraction of sp³-hybridized carbons (Fsp3) is 0.514. The van der Waals surface area contributed by atoms with E-state index in [0.717, 1.165) is 36.8 Å². The van der Waals surface area contributed by atoms with Crippen molar-refractivity contribution in [2.45, 2.75) is 97.4 Å². The van der Waals surface area contributed by atoms with Gasteiger partial charge in [-0.15, -0.1) is 0 Å². The monoisotopic (exact) mass is 660 g/mol. The lowest BCUT2D eigenvalue weighted by atomic mass is 9.87. The van der Waals surface area contributed by atoms with Gasteiger partial charge in [-0.05, 0) is 66.7 Å². The lowest BCUT2D eigenvalue weighted by molar-refractivity contribution is 0.0695. The molecule has 1 aliphatic rings. The first kappa shape index (κ1) is 36.2. The molecule has 254 valence electrons. The number of nitrogens with zero attached hydrogens (tertiary/aromatic N) is 3. The van der Waals surface area contributed by atoms with Gasteiger partial charge in [0.2, 0.25) is 0 Å². The fourth-order valence-corrected chi connectivity index (χ4v) is 6.72. The summed E-state index contributed by atoms with van der Waals surface area (Å²) in [5.74, 6) is -1.09. The number of imidazole rings is 1. The Morgan fingerprint density at radius 3 is 2.36 bits per heavy atom. The van der Waals surface area contributed by atoms with E-state index in [2.05, 4.69) is 53.0 Å². The number of benzene rings is 2. The smallest absolute Gasteiger partial charge is 0.335 e. The van der Waals surface area contributed by atoms with Gasteiger partial charge in [0.25, 0.3) is 5.91 Å². The Bertz CT molecular complexity index is 1600. The van der Waals surface area contributed by atoms with Gasteiger partial charge in [0.1, 0.15) is 11.5 Å². The molecule has 47 heavy (non-hydrogen) atoms. The molecular weight excluding hydrogens is 609 g/mol. The van der Waals surface area contributed by atoms with E-state index >= 15 is 0 Å². The highest BCUT2D eigenvalue weighted by Gasteiger charge is 2.38. The van der Waals surface area contributed by atoms with Crippen LogP contribution in [0.2, 0.25) is 18.1 Å². The van der Waals surface area contributed by atoms with Crippen LogP contribution in [0.4, 0.5) is 0 Å². The normalized spacial score (nSPS) is 14.9. The van der Waals surface area contributed by atoms with E-state index < -0.39 is 14.3 Å². The number of unbranched alkanes of at least 4 members (excludes halogenated alkanes) is 2. The number of aromatic carboxylic acids is 1. The summed E-state index contributed by atoms with van der Waals surface area (Å²) >= 11 is 0. The van der Waals surface area contributed by atoms with Crippen molar-refractivity contribution in [3.8, 4) is 11.4 Å². The number of aromatic nitrogens is 2. The molecule has 0 aliphatic carbocycles. The van der Waals surface area contributed by atoms with Crippen LogP contribution in [0.25, 0.3) is 11.4 Å². The van der Waals surface area contributed by atoms with E-state index in [0.29, 0.717) is 55.3 Å². The molecule has 1 unspecified atom stereocenters. The standard InChI is InChI=1S/C37H52N4O5Si/c1-9-11-18-41(19-12-10-2)35(43)32-23-40(6)34(39-32)29-17-16-25(36(44)45)20-31(29)33(42)28-15-13-14-26-22-38-27(21-30(26)28)24-46-47(7,8)37(3,4)5/h13-17,20,23,27,38H,9-12,18-19,21-22,24H2,1-8H3,(H,44,45). The maximum absolute atomic E-state index is 14.5. The molecule has 0 saturated heterocycles. The van der Waals surface area contributed by atoms with Crippen LogP contribution in [0.5, 0.6) is 0 Å². The highest BCUT2D eigenvalue weighted by atomic mass is 28.4. The van der Waals surface area contributed by atoms with E-state index in [1.165, 1.54) is 12.1 Å². The van der Waals surface area contributed by atoms with Crippen LogP contribution in [0.15, 0.2) is 42.6 Å². The van der Waals surface area contributed by atoms with Crippen molar-refractivity contribution in [3.63, 3.8) is 0 Å². The molecule has 1 aliphatic heterocycles. The minimum absolute atomic E-state index is 0.0139. The van der Waals surface area contributed by atoms with Gasteiger partial charge in [-0.1, -0.05) is 65.7 Å². The van der Waals surface area contributed by atoms with Crippen molar-refractivity contribution in [1.29, 1.82) is 0 Å². The van der Waals surface area contributed by atoms with Crippen molar-refractivity contribution >= 4 is 26.0 Å². The third-order valence-corrected chi connectivity index (χ3v) is 14.2. The van der Waals surface area contributed by atoms with Crippen molar-refractivity contribution in [1.82, 2.24) is 19.8 Å². The second kappa shape index (κ2) is 15.1. The van der Waals surface area contributed by atoms with Gasteiger partial charge in [0.05, 0.1) is 5.56 Å². The maximum atomic E-state index is 14.5. The van der Waals surface area contributed by atoms with Crippen LogP contribution in [-0.2, 0) is 24.4 Å². The van der Waals surface area contributed by atoms with Crippen LogP contribution in [0.1, 0.15) is 108 Å². The molecular formula is C37H52N4O5Si. The first-order valence-corrected chi connectivity index (χ1v) is 19.8. The molecule has 0 bridgehead atoms. The van der Waals surface area contributed by atoms with Crippen LogP contribution in [0, 0.1) is 0 Å². The zero-order valence-electron chi connectivity index (χ0n) is 29.4. The van der Waals surface area contributed by atoms with E-state index in [1.807, 2.05) is 23.1 Å². The zero-order chi connectivity index (χ0) is 34.5. The zero-order valence-corrected chi connectivity index (χ0v) is 30.4. The number of aryl methyl sites for hydroxylation is 1. The van der Waals surface area contributed by atoms with Crippen molar-refractivity contribution in [3.05, 3.63) is 76.1 Å². The van der Waals surface area contributed by atoms with Crippen molar-refractivity contribution in [2.24, 2.45) is 7.05 Å². The average Bonchev–Trinajstić information content (AvgIpc) is 3.43. The van der Waals surface area contributed by atoms with Gasteiger partial charge in [0.15, 0.2) is 14.1 Å². The molecule has 0 fully saturated rings. The Balaban J connectivity index is 1.71. The maximum Gasteiger partial charge on any atom is 0.335 e. The Labute approximate surface area is 280 Å². The lowest BCUT2D eigenvalue weighted by Crippen LogP contribution is -2.47. The number of hydrogen-bond acceptors (Lipinski definition) is 6. The predicted molar refractivity (Wildman–Crippen MR) is 189 cm³/mol. The summed E-state index contributed by atoms with van der Waals surface area (Å²) in [5, 5.41) is 13.5. The van der Waals surface area contributed by atoms with Crippen LogP contribution in [-0.4, -0.2) is 71.3 Å². The number of carbonyl (C=O) groups is 3.